The van der Waals surface area contributed by atoms with E-state index in [2.05, 4.69) is 5.32 Å². The first kappa shape index (κ1) is 21.1. The van der Waals surface area contributed by atoms with Crippen LogP contribution in [0.4, 0.5) is 5.69 Å². The molecule has 0 bridgehead atoms. The first-order chi connectivity index (χ1) is 13.8. The predicted molar refractivity (Wildman–Crippen MR) is 112 cm³/mol. The monoisotopic (exact) mass is 413 g/mol. The van der Waals surface area contributed by atoms with Gasteiger partial charge in [-0.25, -0.2) is 0 Å². The van der Waals surface area contributed by atoms with Gasteiger partial charge in [-0.05, 0) is 56.5 Å². The van der Waals surface area contributed by atoms with Crippen LogP contribution in [0.5, 0.6) is 0 Å². The SMILES string of the molecule is CC(=O)c1cccc(NC(=O)[C@H](C)OC(=O)C2(c3ccc(Cl)cc3)CCCC2)c1. The average molecular weight is 414 g/mol. The number of esters is 1. The lowest BCUT2D eigenvalue weighted by atomic mass is 9.79. The number of carbonyl (C=O) groups excluding carboxylic acids is 3. The molecule has 5 nitrogen and oxygen atoms in total. The molecule has 1 fully saturated rings. The van der Waals surface area contributed by atoms with Crippen LogP contribution in [0.1, 0.15) is 55.5 Å². The van der Waals surface area contributed by atoms with Gasteiger partial charge in [0.25, 0.3) is 5.91 Å². The van der Waals surface area contributed by atoms with Gasteiger partial charge in [-0.2, -0.15) is 0 Å². The molecule has 3 rings (SSSR count). The number of nitrogens with one attached hydrogen (secondary N) is 1. The Hall–Kier alpha value is -2.66. The van der Waals surface area contributed by atoms with E-state index in [-0.39, 0.29) is 5.78 Å². The van der Waals surface area contributed by atoms with Crippen LogP contribution < -0.4 is 5.32 Å². The van der Waals surface area contributed by atoms with Crippen molar-refractivity contribution in [2.75, 3.05) is 5.32 Å². The summed E-state index contributed by atoms with van der Waals surface area (Å²) < 4.78 is 5.58. The first-order valence-electron chi connectivity index (χ1n) is 9.71. The number of rotatable bonds is 6. The Labute approximate surface area is 175 Å². The van der Waals surface area contributed by atoms with E-state index in [9.17, 15) is 14.4 Å². The van der Waals surface area contributed by atoms with Crippen molar-refractivity contribution in [1.29, 1.82) is 0 Å². The summed E-state index contributed by atoms with van der Waals surface area (Å²) in [6, 6.07) is 13.9. The largest absolute Gasteiger partial charge is 0.452 e. The van der Waals surface area contributed by atoms with Crippen LogP contribution in [0.15, 0.2) is 48.5 Å². The molecule has 0 heterocycles. The van der Waals surface area contributed by atoms with Crippen LogP contribution in [0.3, 0.4) is 0 Å². The van der Waals surface area contributed by atoms with Crippen LogP contribution in [0.25, 0.3) is 0 Å². The molecule has 0 saturated heterocycles. The van der Waals surface area contributed by atoms with E-state index < -0.39 is 23.4 Å². The summed E-state index contributed by atoms with van der Waals surface area (Å²) in [5, 5.41) is 3.31. The normalized spacial score (nSPS) is 16.1. The molecule has 6 heteroatoms. The summed E-state index contributed by atoms with van der Waals surface area (Å²) in [7, 11) is 0. The lowest BCUT2D eigenvalue weighted by molar-refractivity contribution is -0.159. The highest BCUT2D eigenvalue weighted by molar-refractivity contribution is 6.30. The summed E-state index contributed by atoms with van der Waals surface area (Å²) in [5.41, 5.74) is 1.11. The zero-order valence-electron chi connectivity index (χ0n) is 16.5. The van der Waals surface area contributed by atoms with Crippen LogP contribution in [0, 0.1) is 0 Å². The van der Waals surface area contributed by atoms with Crippen LogP contribution in [-0.4, -0.2) is 23.8 Å². The van der Waals surface area contributed by atoms with Gasteiger partial charge in [-0.1, -0.05) is 48.7 Å². The van der Waals surface area contributed by atoms with Gasteiger partial charge in [0.05, 0.1) is 5.41 Å². The number of ketones is 1. The third kappa shape index (κ3) is 4.67. The summed E-state index contributed by atoms with van der Waals surface area (Å²) in [5.74, 6) is -0.924. The smallest absolute Gasteiger partial charge is 0.317 e. The first-order valence-corrected chi connectivity index (χ1v) is 10.1. The number of Topliss-reactive ketones (excluding diaryl/α,β-unsaturated/α-hetero) is 1. The fourth-order valence-electron chi connectivity index (χ4n) is 3.74. The quantitative estimate of drug-likeness (QED) is 0.538. The highest BCUT2D eigenvalue weighted by Gasteiger charge is 2.45. The van der Waals surface area contributed by atoms with Crippen molar-refractivity contribution in [3.05, 3.63) is 64.7 Å². The van der Waals surface area contributed by atoms with Crippen molar-refractivity contribution in [3.63, 3.8) is 0 Å². The van der Waals surface area contributed by atoms with Gasteiger partial charge in [-0.3, -0.25) is 14.4 Å². The zero-order valence-corrected chi connectivity index (χ0v) is 17.3. The van der Waals surface area contributed by atoms with Gasteiger partial charge in [0.15, 0.2) is 11.9 Å². The molecule has 0 aliphatic heterocycles. The Kier molecular flexibility index (Phi) is 6.38. The predicted octanol–water partition coefficient (Wildman–Crippen LogP) is 4.92. The van der Waals surface area contributed by atoms with E-state index in [0.717, 1.165) is 18.4 Å². The minimum absolute atomic E-state index is 0.0910. The fraction of sp³-hybridized carbons (Fsp3) is 0.348. The number of amides is 1. The maximum Gasteiger partial charge on any atom is 0.317 e. The second kappa shape index (κ2) is 8.78. The highest BCUT2D eigenvalue weighted by Crippen LogP contribution is 2.42. The number of ether oxygens (including phenoxy) is 1. The molecule has 1 saturated carbocycles. The number of anilines is 1. The maximum absolute atomic E-state index is 13.1. The van der Waals surface area contributed by atoms with E-state index in [1.807, 2.05) is 12.1 Å². The number of halogens is 1. The standard InChI is InChI=1S/C23H24ClNO4/c1-15(26)17-6-5-7-20(14-17)25-21(27)16(2)29-22(28)23(12-3-4-13-23)18-8-10-19(24)11-9-18/h5-11,14,16H,3-4,12-13H2,1-2H3,(H,25,27)/t16-/m0/s1. The lowest BCUT2D eigenvalue weighted by Gasteiger charge is -2.28. The molecule has 1 aliphatic rings. The summed E-state index contributed by atoms with van der Waals surface area (Å²) in [4.78, 5) is 37.1. The Balaban J connectivity index is 1.71. The lowest BCUT2D eigenvalue weighted by Crippen LogP contribution is -2.39. The molecule has 1 N–H and O–H groups in total. The molecule has 1 aliphatic carbocycles. The van der Waals surface area contributed by atoms with Crippen molar-refractivity contribution >= 4 is 34.9 Å². The average Bonchev–Trinajstić information content (AvgIpc) is 3.20. The van der Waals surface area contributed by atoms with Crippen molar-refractivity contribution in [1.82, 2.24) is 0 Å². The van der Waals surface area contributed by atoms with Gasteiger partial charge < -0.3 is 10.1 Å². The van der Waals surface area contributed by atoms with Crippen molar-refractivity contribution in [2.45, 2.75) is 51.0 Å². The van der Waals surface area contributed by atoms with Gasteiger partial charge in [0.1, 0.15) is 0 Å². The molecular formula is C23H24ClNO4. The molecule has 0 unspecified atom stereocenters. The Morgan fingerprint density at radius 1 is 1.07 bits per heavy atom. The third-order valence-electron chi connectivity index (χ3n) is 5.43. The Morgan fingerprint density at radius 2 is 1.72 bits per heavy atom. The van der Waals surface area contributed by atoms with Gasteiger partial charge >= 0.3 is 5.97 Å². The molecule has 0 spiro atoms. The third-order valence-corrected chi connectivity index (χ3v) is 5.69. The number of carbonyl (C=O) groups is 3. The van der Waals surface area contributed by atoms with E-state index in [4.69, 9.17) is 16.3 Å². The fourth-order valence-corrected chi connectivity index (χ4v) is 3.87. The van der Waals surface area contributed by atoms with Crippen LogP contribution >= 0.6 is 11.6 Å². The van der Waals surface area contributed by atoms with E-state index in [1.54, 1.807) is 43.3 Å². The molecule has 152 valence electrons. The maximum atomic E-state index is 13.1. The van der Waals surface area contributed by atoms with Crippen LogP contribution in [0.2, 0.25) is 5.02 Å². The number of hydrogen-bond donors (Lipinski definition) is 1. The Morgan fingerprint density at radius 3 is 2.34 bits per heavy atom. The van der Waals surface area contributed by atoms with E-state index in [1.165, 1.54) is 6.92 Å². The topological polar surface area (TPSA) is 72.5 Å². The Bertz CT molecular complexity index is 917. The molecule has 1 atom stereocenters. The number of benzene rings is 2. The molecule has 0 aromatic heterocycles. The molecule has 0 radical (unpaired) electrons. The molecule has 2 aromatic rings. The second-order valence-electron chi connectivity index (χ2n) is 7.47. The van der Waals surface area contributed by atoms with E-state index >= 15 is 0 Å². The minimum atomic E-state index is -0.965. The second-order valence-corrected chi connectivity index (χ2v) is 7.91. The van der Waals surface area contributed by atoms with Gasteiger partial charge in [-0.15, -0.1) is 0 Å². The molecule has 1 amide bonds. The number of hydrogen-bond acceptors (Lipinski definition) is 4. The van der Waals surface area contributed by atoms with Crippen LogP contribution in [-0.2, 0) is 19.7 Å². The van der Waals surface area contributed by atoms with Gasteiger partial charge in [0, 0.05) is 16.3 Å². The van der Waals surface area contributed by atoms with Gasteiger partial charge in [0.2, 0.25) is 0 Å². The van der Waals surface area contributed by atoms with Crippen molar-refractivity contribution in [2.24, 2.45) is 0 Å². The summed E-state index contributed by atoms with van der Waals surface area (Å²) >= 11 is 5.99. The molecule has 2 aromatic carbocycles. The molecular weight excluding hydrogens is 390 g/mol. The highest BCUT2D eigenvalue weighted by atomic mass is 35.5. The van der Waals surface area contributed by atoms with Crippen molar-refractivity contribution < 1.29 is 19.1 Å². The summed E-state index contributed by atoms with van der Waals surface area (Å²) in [6.45, 7) is 3.01. The van der Waals surface area contributed by atoms with Crippen molar-refractivity contribution in [3.8, 4) is 0 Å². The minimum Gasteiger partial charge on any atom is -0.452 e. The zero-order chi connectivity index (χ0) is 21.0. The summed E-state index contributed by atoms with van der Waals surface area (Å²) in [6.07, 6.45) is 2.25. The molecule has 29 heavy (non-hydrogen) atoms. The van der Waals surface area contributed by atoms with E-state index in [0.29, 0.717) is 29.1 Å².